The van der Waals surface area contributed by atoms with Gasteiger partial charge in [0.05, 0.1) is 6.61 Å². The van der Waals surface area contributed by atoms with Crippen molar-refractivity contribution in [2.24, 2.45) is 11.1 Å². The average Bonchev–Trinajstić information content (AvgIpc) is 2.86. The molecule has 0 bridgehead atoms. The van der Waals surface area contributed by atoms with Crippen molar-refractivity contribution in [2.45, 2.75) is 19.6 Å². The molecule has 4 N–H and O–H groups in total. The largest absolute Gasteiger partial charge is 0.456 e. The highest BCUT2D eigenvalue weighted by atomic mass is 35.5. The summed E-state index contributed by atoms with van der Waals surface area (Å²) in [7, 11) is 0. The summed E-state index contributed by atoms with van der Waals surface area (Å²) >= 11 is 0. The van der Waals surface area contributed by atoms with Gasteiger partial charge in [-0.2, -0.15) is 0 Å². The summed E-state index contributed by atoms with van der Waals surface area (Å²) in [5, 5.41) is 21.4. The van der Waals surface area contributed by atoms with E-state index in [4.69, 9.17) is 10.2 Å². The van der Waals surface area contributed by atoms with E-state index in [0.29, 0.717) is 6.42 Å². The summed E-state index contributed by atoms with van der Waals surface area (Å²) in [6, 6.07) is 13.7. The number of aliphatic hydroxyl groups is 2. The first-order chi connectivity index (χ1) is 10.0. The summed E-state index contributed by atoms with van der Waals surface area (Å²) in [4.78, 5) is 0. The highest BCUT2D eigenvalue weighted by molar-refractivity contribution is 6.06. The number of fused-ring (bicyclic) bond motifs is 3. The topological polar surface area (TPSA) is 79.6 Å². The number of rotatable bonds is 4. The molecule has 4 nitrogen and oxygen atoms in total. The molecule has 0 radical (unpaired) electrons. The van der Waals surface area contributed by atoms with Crippen LogP contribution < -0.4 is 5.73 Å². The van der Waals surface area contributed by atoms with Gasteiger partial charge in [0.15, 0.2) is 0 Å². The van der Waals surface area contributed by atoms with Crippen LogP contribution in [0.1, 0.15) is 12.5 Å². The standard InChI is InChI=1S/C17H19NO3.ClH/c1-17(10-19,16(18)20)9-11-5-4-8-14-15(11)12-6-2-3-7-13(12)21-14;/h2-8,16,19-20H,9-10,18H2,1H3;1H. The molecule has 0 saturated heterocycles. The van der Waals surface area contributed by atoms with Crippen LogP contribution in [-0.2, 0) is 6.42 Å². The maximum atomic E-state index is 9.76. The van der Waals surface area contributed by atoms with Gasteiger partial charge in [-0.15, -0.1) is 12.4 Å². The van der Waals surface area contributed by atoms with E-state index < -0.39 is 11.6 Å². The lowest BCUT2D eigenvalue weighted by molar-refractivity contribution is -0.000530. The number of halogens is 1. The molecule has 0 spiro atoms. The van der Waals surface area contributed by atoms with Crippen molar-refractivity contribution >= 4 is 34.3 Å². The molecule has 0 aliphatic heterocycles. The van der Waals surface area contributed by atoms with Crippen LogP contribution in [0.4, 0.5) is 0 Å². The second-order valence-electron chi connectivity index (χ2n) is 5.82. The normalized spacial score (nSPS) is 15.5. The van der Waals surface area contributed by atoms with Crippen molar-refractivity contribution in [1.29, 1.82) is 0 Å². The Morgan fingerprint density at radius 1 is 1.14 bits per heavy atom. The van der Waals surface area contributed by atoms with Crippen molar-refractivity contribution in [3.8, 4) is 0 Å². The molecule has 2 unspecified atom stereocenters. The molecule has 0 aliphatic carbocycles. The summed E-state index contributed by atoms with van der Waals surface area (Å²) in [6.07, 6.45) is -0.613. The zero-order chi connectivity index (χ0) is 15.0. The number of nitrogens with two attached hydrogens (primary N) is 1. The van der Waals surface area contributed by atoms with Crippen LogP contribution in [0.15, 0.2) is 46.9 Å². The van der Waals surface area contributed by atoms with Crippen molar-refractivity contribution in [1.82, 2.24) is 0 Å². The van der Waals surface area contributed by atoms with E-state index in [1.165, 1.54) is 0 Å². The van der Waals surface area contributed by atoms with Crippen LogP contribution in [0.25, 0.3) is 21.9 Å². The Kier molecular flexibility index (Phi) is 4.78. The summed E-state index contributed by atoms with van der Waals surface area (Å²) < 4.78 is 5.85. The Hall–Kier alpha value is -1.59. The second-order valence-corrected chi connectivity index (χ2v) is 5.82. The van der Waals surface area contributed by atoms with Crippen LogP contribution in [0.3, 0.4) is 0 Å². The fraction of sp³-hybridized carbons (Fsp3) is 0.294. The van der Waals surface area contributed by atoms with Crippen molar-refractivity contribution in [3.05, 3.63) is 48.0 Å². The van der Waals surface area contributed by atoms with Gasteiger partial charge in [-0.1, -0.05) is 37.3 Å². The molecule has 2 aromatic carbocycles. The van der Waals surface area contributed by atoms with E-state index >= 15 is 0 Å². The number of aliphatic hydroxyl groups excluding tert-OH is 2. The van der Waals surface area contributed by atoms with Crippen LogP contribution in [0, 0.1) is 5.41 Å². The molecule has 5 heteroatoms. The van der Waals surface area contributed by atoms with Crippen LogP contribution >= 0.6 is 12.4 Å². The average molecular weight is 322 g/mol. The molecule has 2 atom stereocenters. The van der Waals surface area contributed by atoms with E-state index in [2.05, 4.69) is 0 Å². The third kappa shape index (κ3) is 2.71. The van der Waals surface area contributed by atoms with Gasteiger partial charge in [0.1, 0.15) is 17.4 Å². The molecule has 3 aromatic rings. The first kappa shape index (κ1) is 16.8. The Bertz CT molecular complexity index is 784. The van der Waals surface area contributed by atoms with Gasteiger partial charge in [-0.25, -0.2) is 0 Å². The highest BCUT2D eigenvalue weighted by Crippen LogP contribution is 2.34. The minimum atomic E-state index is -1.09. The SMILES string of the molecule is CC(CO)(Cc1cccc2oc3ccccc3c12)C(N)O.Cl. The molecule has 0 saturated carbocycles. The third-order valence-corrected chi connectivity index (χ3v) is 4.16. The van der Waals surface area contributed by atoms with E-state index in [1.54, 1.807) is 6.92 Å². The van der Waals surface area contributed by atoms with E-state index in [9.17, 15) is 10.2 Å². The van der Waals surface area contributed by atoms with Crippen molar-refractivity contribution in [2.75, 3.05) is 6.61 Å². The van der Waals surface area contributed by atoms with Gasteiger partial charge in [0.25, 0.3) is 0 Å². The van der Waals surface area contributed by atoms with Gasteiger partial charge in [-0.05, 0) is 24.1 Å². The number of furan rings is 1. The third-order valence-electron chi connectivity index (χ3n) is 4.16. The summed E-state index contributed by atoms with van der Waals surface area (Å²) in [6.45, 7) is 1.59. The summed E-state index contributed by atoms with van der Waals surface area (Å²) in [5.41, 5.74) is 7.50. The first-order valence-electron chi connectivity index (χ1n) is 6.99. The Labute approximate surface area is 134 Å². The van der Waals surface area contributed by atoms with Crippen LogP contribution in [0.2, 0.25) is 0 Å². The smallest absolute Gasteiger partial charge is 0.135 e. The molecule has 1 heterocycles. The molecule has 22 heavy (non-hydrogen) atoms. The van der Waals surface area contributed by atoms with Gasteiger partial charge >= 0.3 is 0 Å². The Morgan fingerprint density at radius 2 is 1.82 bits per heavy atom. The van der Waals surface area contributed by atoms with E-state index in [1.807, 2.05) is 42.5 Å². The minimum Gasteiger partial charge on any atom is -0.456 e. The van der Waals surface area contributed by atoms with E-state index in [0.717, 1.165) is 27.5 Å². The quantitative estimate of drug-likeness (QED) is 0.646. The van der Waals surface area contributed by atoms with Crippen LogP contribution in [0.5, 0.6) is 0 Å². The zero-order valence-electron chi connectivity index (χ0n) is 12.3. The lowest BCUT2D eigenvalue weighted by Crippen LogP contribution is -2.43. The van der Waals surface area contributed by atoms with Crippen LogP contribution in [-0.4, -0.2) is 23.0 Å². The van der Waals surface area contributed by atoms with E-state index in [-0.39, 0.29) is 19.0 Å². The zero-order valence-corrected chi connectivity index (χ0v) is 13.1. The number of hydrogen-bond acceptors (Lipinski definition) is 4. The fourth-order valence-corrected chi connectivity index (χ4v) is 2.68. The minimum absolute atomic E-state index is 0. The molecule has 1 aromatic heterocycles. The molecular weight excluding hydrogens is 302 g/mol. The molecule has 0 fully saturated rings. The van der Waals surface area contributed by atoms with Crippen molar-refractivity contribution in [3.63, 3.8) is 0 Å². The predicted molar refractivity (Wildman–Crippen MR) is 90.1 cm³/mol. The molecule has 0 amide bonds. The van der Waals surface area contributed by atoms with Crippen molar-refractivity contribution < 1.29 is 14.6 Å². The molecule has 3 rings (SSSR count). The monoisotopic (exact) mass is 321 g/mol. The second kappa shape index (κ2) is 6.26. The predicted octanol–water partition coefficient (Wildman–Crippen LogP) is 2.83. The molecular formula is C17H20ClNO3. The fourth-order valence-electron chi connectivity index (χ4n) is 2.68. The lowest BCUT2D eigenvalue weighted by Gasteiger charge is -2.30. The maximum absolute atomic E-state index is 9.76. The number of hydrogen-bond donors (Lipinski definition) is 3. The Morgan fingerprint density at radius 3 is 2.50 bits per heavy atom. The first-order valence-corrected chi connectivity index (χ1v) is 6.99. The molecule has 118 valence electrons. The Balaban J connectivity index is 0.00000176. The summed E-state index contributed by atoms with van der Waals surface area (Å²) in [5.74, 6) is 0. The van der Waals surface area contributed by atoms with Gasteiger partial charge in [0.2, 0.25) is 0 Å². The van der Waals surface area contributed by atoms with Gasteiger partial charge in [0, 0.05) is 16.2 Å². The molecule has 0 aliphatic rings. The van der Waals surface area contributed by atoms with Gasteiger partial charge < -0.3 is 20.4 Å². The number of para-hydroxylation sites is 1. The lowest BCUT2D eigenvalue weighted by atomic mass is 9.81. The highest BCUT2D eigenvalue weighted by Gasteiger charge is 2.31. The van der Waals surface area contributed by atoms with Gasteiger partial charge in [-0.3, -0.25) is 0 Å². The number of benzene rings is 2. The maximum Gasteiger partial charge on any atom is 0.135 e.